The average molecular weight is 258 g/mol. The van der Waals surface area contributed by atoms with Gasteiger partial charge in [0.1, 0.15) is 11.4 Å². The number of hydrogen-bond donors (Lipinski definition) is 2. The molecule has 0 aliphatic heterocycles. The lowest BCUT2D eigenvalue weighted by molar-refractivity contribution is 0.0946. The first kappa shape index (κ1) is 12.9. The SMILES string of the molecule is COc1ccc(CNC(=O)c2cc(C=O)c[nH]2)cc1. The van der Waals surface area contributed by atoms with Gasteiger partial charge in [0.2, 0.25) is 0 Å². The van der Waals surface area contributed by atoms with Crippen molar-refractivity contribution in [2.45, 2.75) is 6.54 Å². The largest absolute Gasteiger partial charge is 0.497 e. The van der Waals surface area contributed by atoms with Gasteiger partial charge in [-0.1, -0.05) is 12.1 Å². The Morgan fingerprint density at radius 1 is 1.37 bits per heavy atom. The van der Waals surface area contributed by atoms with Crippen molar-refractivity contribution in [1.29, 1.82) is 0 Å². The normalized spacial score (nSPS) is 9.95. The summed E-state index contributed by atoms with van der Waals surface area (Å²) < 4.78 is 5.05. The number of carbonyl (C=O) groups is 2. The van der Waals surface area contributed by atoms with Gasteiger partial charge in [-0.15, -0.1) is 0 Å². The molecule has 1 heterocycles. The van der Waals surface area contributed by atoms with E-state index in [0.717, 1.165) is 11.3 Å². The van der Waals surface area contributed by atoms with Gasteiger partial charge in [-0.2, -0.15) is 0 Å². The number of amides is 1. The Morgan fingerprint density at radius 3 is 2.68 bits per heavy atom. The summed E-state index contributed by atoms with van der Waals surface area (Å²) in [5, 5.41) is 2.76. The predicted molar refractivity (Wildman–Crippen MR) is 70.3 cm³/mol. The number of carbonyl (C=O) groups excluding carboxylic acids is 2. The molecule has 0 aliphatic rings. The molecule has 1 amide bonds. The maximum atomic E-state index is 11.8. The molecule has 0 saturated carbocycles. The van der Waals surface area contributed by atoms with Gasteiger partial charge in [0.25, 0.3) is 5.91 Å². The summed E-state index contributed by atoms with van der Waals surface area (Å²) in [5.41, 5.74) is 1.79. The van der Waals surface area contributed by atoms with Crippen molar-refractivity contribution in [2.75, 3.05) is 7.11 Å². The van der Waals surface area contributed by atoms with Crippen molar-refractivity contribution in [3.8, 4) is 5.75 Å². The van der Waals surface area contributed by atoms with Crippen LogP contribution in [0.4, 0.5) is 0 Å². The zero-order valence-corrected chi connectivity index (χ0v) is 10.5. The molecule has 2 N–H and O–H groups in total. The number of aldehydes is 1. The third-order valence-corrected chi connectivity index (χ3v) is 2.70. The Kier molecular flexibility index (Phi) is 3.97. The predicted octanol–water partition coefficient (Wildman–Crippen LogP) is 1.77. The molecule has 0 atom stereocenters. The molecule has 0 saturated heterocycles. The maximum absolute atomic E-state index is 11.8. The molecule has 2 aromatic rings. The number of ether oxygens (including phenoxy) is 1. The van der Waals surface area contributed by atoms with E-state index in [1.807, 2.05) is 24.3 Å². The van der Waals surface area contributed by atoms with E-state index >= 15 is 0 Å². The zero-order chi connectivity index (χ0) is 13.7. The van der Waals surface area contributed by atoms with Crippen LogP contribution in [0.3, 0.4) is 0 Å². The molecular formula is C14H14N2O3. The second-order valence-corrected chi connectivity index (χ2v) is 4.00. The van der Waals surface area contributed by atoms with E-state index in [2.05, 4.69) is 10.3 Å². The minimum Gasteiger partial charge on any atom is -0.497 e. The van der Waals surface area contributed by atoms with E-state index < -0.39 is 0 Å². The van der Waals surface area contributed by atoms with E-state index in [1.165, 1.54) is 12.3 Å². The number of aromatic nitrogens is 1. The van der Waals surface area contributed by atoms with Gasteiger partial charge in [0.05, 0.1) is 7.11 Å². The molecule has 0 aliphatic carbocycles. The fourth-order valence-electron chi connectivity index (χ4n) is 1.63. The average Bonchev–Trinajstić information content (AvgIpc) is 2.94. The van der Waals surface area contributed by atoms with Crippen LogP contribution >= 0.6 is 0 Å². The maximum Gasteiger partial charge on any atom is 0.267 e. The van der Waals surface area contributed by atoms with Crippen LogP contribution in [0.5, 0.6) is 5.75 Å². The smallest absolute Gasteiger partial charge is 0.267 e. The zero-order valence-electron chi connectivity index (χ0n) is 10.5. The van der Waals surface area contributed by atoms with Gasteiger partial charge in [-0.25, -0.2) is 0 Å². The highest BCUT2D eigenvalue weighted by Crippen LogP contribution is 2.11. The van der Waals surface area contributed by atoms with Gasteiger partial charge >= 0.3 is 0 Å². The van der Waals surface area contributed by atoms with Crippen molar-refractivity contribution in [2.24, 2.45) is 0 Å². The fraction of sp³-hybridized carbons (Fsp3) is 0.143. The van der Waals surface area contributed by atoms with E-state index in [1.54, 1.807) is 7.11 Å². The Hall–Kier alpha value is -2.56. The Balaban J connectivity index is 1.93. The molecule has 0 radical (unpaired) electrons. The Morgan fingerprint density at radius 2 is 2.11 bits per heavy atom. The molecule has 0 unspecified atom stereocenters. The van der Waals surface area contributed by atoms with Crippen LogP contribution in [0, 0.1) is 0 Å². The summed E-state index contributed by atoms with van der Waals surface area (Å²) in [6, 6.07) is 8.94. The van der Waals surface area contributed by atoms with Gasteiger partial charge in [0.15, 0.2) is 6.29 Å². The highest BCUT2D eigenvalue weighted by molar-refractivity contribution is 5.94. The second kappa shape index (κ2) is 5.86. The third-order valence-electron chi connectivity index (χ3n) is 2.70. The fourth-order valence-corrected chi connectivity index (χ4v) is 1.63. The van der Waals surface area contributed by atoms with Crippen molar-refractivity contribution in [3.05, 3.63) is 53.3 Å². The molecule has 1 aromatic heterocycles. The lowest BCUT2D eigenvalue weighted by Gasteiger charge is -2.05. The number of nitrogens with one attached hydrogen (secondary N) is 2. The van der Waals surface area contributed by atoms with Crippen LogP contribution in [0.1, 0.15) is 26.4 Å². The molecule has 0 spiro atoms. The van der Waals surface area contributed by atoms with Crippen LogP contribution in [-0.4, -0.2) is 24.3 Å². The third kappa shape index (κ3) is 3.22. The number of hydrogen-bond acceptors (Lipinski definition) is 3. The molecule has 5 heteroatoms. The van der Waals surface area contributed by atoms with E-state index in [9.17, 15) is 9.59 Å². The van der Waals surface area contributed by atoms with Gasteiger partial charge in [0, 0.05) is 18.3 Å². The lowest BCUT2D eigenvalue weighted by atomic mass is 10.2. The monoisotopic (exact) mass is 258 g/mol. The van der Waals surface area contributed by atoms with Gasteiger partial charge in [-0.3, -0.25) is 9.59 Å². The highest BCUT2D eigenvalue weighted by atomic mass is 16.5. The summed E-state index contributed by atoms with van der Waals surface area (Å²) in [6.07, 6.45) is 2.19. The lowest BCUT2D eigenvalue weighted by Crippen LogP contribution is -2.22. The minimum absolute atomic E-state index is 0.246. The van der Waals surface area contributed by atoms with E-state index in [0.29, 0.717) is 24.1 Å². The summed E-state index contributed by atoms with van der Waals surface area (Å²) in [6.45, 7) is 0.415. The van der Waals surface area contributed by atoms with Crippen LogP contribution in [0.2, 0.25) is 0 Å². The molecule has 0 fully saturated rings. The first-order valence-electron chi connectivity index (χ1n) is 5.77. The molecule has 19 heavy (non-hydrogen) atoms. The van der Waals surface area contributed by atoms with Crippen LogP contribution < -0.4 is 10.1 Å². The van der Waals surface area contributed by atoms with Crippen molar-refractivity contribution in [3.63, 3.8) is 0 Å². The Bertz CT molecular complexity index is 573. The van der Waals surface area contributed by atoms with Crippen molar-refractivity contribution >= 4 is 12.2 Å². The van der Waals surface area contributed by atoms with Crippen LogP contribution in [0.15, 0.2) is 36.5 Å². The molecular weight excluding hydrogens is 244 g/mol. The van der Waals surface area contributed by atoms with Crippen molar-refractivity contribution in [1.82, 2.24) is 10.3 Å². The summed E-state index contributed by atoms with van der Waals surface area (Å²) >= 11 is 0. The quantitative estimate of drug-likeness (QED) is 0.803. The molecule has 98 valence electrons. The van der Waals surface area contributed by atoms with Crippen molar-refractivity contribution < 1.29 is 14.3 Å². The summed E-state index contributed by atoms with van der Waals surface area (Å²) in [4.78, 5) is 25.1. The summed E-state index contributed by atoms with van der Waals surface area (Å²) in [7, 11) is 1.60. The number of H-pyrrole nitrogens is 1. The molecule has 2 rings (SSSR count). The number of benzene rings is 1. The highest BCUT2D eigenvalue weighted by Gasteiger charge is 2.07. The van der Waals surface area contributed by atoms with Gasteiger partial charge < -0.3 is 15.0 Å². The molecule has 5 nitrogen and oxygen atoms in total. The van der Waals surface area contributed by atoms with E-state index in [4.69, 9.17) is 4.74 Å². The molecule has 0 bridgehead atoms. The topological polar surface area (TPSA) is 71.2 Å². The first-order valence-corrected chi connectivity index (χ1v) is 5.77. The number of methoxy groups -OCH3 is 1. The number of rotatable bonds is 5. The Labute approximate surface area is 110 Å². The minimum atomic E-state index is -0.246. The van der Waals surface area contributed by atoms with E-state index in [-0.39, 0.29) is 5.91 Å². The summed E-state index contributed by atoms with van der Waals surface area (Å²) in [5.74, 6) is 0.527. The van der Waals surface area contributed by atoms with Crippen LogP contribution in [-0.2, 0) is 6.54 Å². The molecule has 1 aromatic carbocycles. The van der Waals surface area contributed by atoms with Crippen LogP contribution in [0.25, 0.3) is 0 Å². The number of aromatic amines is 1. The second-order valence-electron chi connectivity index (χ2n) is 4.00. The standard InChI is InChI=1S/C14H14N2O3/c1-19-12-4-2-10(3-5-12)7-16-14(18)13-6-11(9-17)8-15-13/h2-6,8-9,15H,7H2,1H3,(H,16,18). The van der Waals surface area contributed by atoms with Gasteiger partial charge in [-0.05, 0) is 23.8 Å². The first-order chi connectivity index (χ1) is 9.22.